The highest BCUT2D eigenvalue weighted by Crippen LogP contribution is 2.31. The van der Waals surface area contributed by atoms with Gasteiger partial charge in [-0.05, 0) is 51.2 Å². The fraction of sp³-hybridized carbons (Fsp3) is 0.625. The quantitative estimate of drug-likeness (QED) is 0.868. The number of pyridine rings is 1. The van der Waals surface area contributed by atoms with Crippen molar-refractivity contribution >= 4 is 11.7 Å². The summed E-state index contributed by atoms with van der Waals surface area (Å²) in [7, 11) is 1.83. The molecule has 20 heavy (non-hydrogen) atoms. The van der Waals surface area contributed by atoms with Crippen LogP contribution >= 0.6 is 0 Å². The predicted octanol–water partition coefficient (Wildman–Crippen LogP) is 2.95. The molecule has 0 saturated heterocycles. The van der Waals surface area contributed by atoms with E-state index >= 15 is 0 Å². The molecule has 0 unspecified atom stereocenters. The zero-order valence-electron chi connectivity index (χ0n) is 12.9. The standard InChI is InChI=1S/C16H25N3O/c1-5-14-8-13(9-15(17-4)18-14)16(20)19(11(2)3)10-12-6-7-12/h8-9,11-12H,5-7,10H2,1-4H3,(H,17,18). The van der Waals surface area contributed by atoms with E-state index in [1.165, 1.54) is 12.8 Å². The van der Waals surface area contributed by atoms with Crippen LogP contribution in [0.4, 0.5) is 5.82 Å². The Morgan fingerprint density at radius 2 is 2.15 bits per heavy atom. The second-order valence-electron chi connectivity index (χ2n) is 5.83. The van der Waals surface area contributed by atoms with Crippen LogP contribution in [0.5, 0.6) is 0 Å². The molecule has 0 aliphatic heterocycles. The molecule has 4 nitrogen and oxygen atoms in total. The maximum absolute atomic E-state index is 12.8. The van der Waals surface area contributed by atoms with Crippen molar-refractivity contribution in [2.75, 3.05) is 18.9 Å². The molecule has 1 N–H and O–H groups in total. The second kappa shape index (κ2) is 6.25. The molecule has 2 rings (SSSR count). The molecule has 1 aromatic rings. The molecular weight excluding hydrogens is 250 g/mol. The summed E-state index contributed by atoms with van der Waals surface area (Å²) in [6, 6.07) is 4.01. The van der Waals surface area contributed by atoms with Crippen molar-refractivity contribution in [1.29, 1.82) is 0 Å². The average Bonchev–Trinajstić information content (AvgIpc) is 3.27. The minimum Gasteiger partial charge on any atom is -0.373 e. The Morgan fingerprint density at radius 1 is 1.45 bits per heavy atom. The Labute approximate surface area is 121 Å². The summed E-state index contributed by atoms with van der Waals surface area (Å²) >= 11 is 0. The molecule has 1 heterocycles. The molecule has 1 amide bonds. The first kappa shape index (κ1) is 14.8. The van der Waals surface area contributed by atoms with Crippen molar-refractivity contribution in [3.05, 3.63) is 23.4 Å². The summed E-state index contributed by atoms with van der Waals surface area (Å²) < 4.78 is 0. The highest BCUT2D eigenvalue weighted by molar-refractivity contribution is 5.95. The Hall–Kier alpha value is -1.58. The van der Waals surface area contributed by atoms with Crippen LogP contribution in [-0.2, 0) is 6.42 Å². The number of nitrogens with one attached hydrogen (secondary N) is 1. The highest BCUT2D eigenvalue weighted by Gasteiger charge is 2.29. The van der Waals surface area contributed by atoms with Gasteiger partial charge in [0.05, 0.1) is 0 Å². The number of hydrogen-bond donors (Lipinski definition) is 1. The van der Waals surface area contributed by atoms with E-state index in [2.05, 4.69) is 31.1 Å². The minimum atomic E-state index is 0.125. The Kier molecular flexibility index (Phi) is 4.63. The van der Waals surface area contributed by atoms with Crippen molar-refractivity contribution in [2.45, 2.75) is 46.1 Å². The molecule has 1 saturated carbocycles. The third-order valence-corrected chi connectivity index (χ3v) is 3.78. The normalized spacial score (nSPS) is 14.4. The second-order valence-corrected chi connectivity index (χ2v) is 5.83. The van der Waals surface area contributed by atoms with Gasteiger partial charge in [-0.15, -0.1) is 0 Å². The Balaban J connectivity index is 2.24. The Morgan fingerprint density at radius 3 is 2.65 bits per heavy atom. The van der Waals surface area contributed by atoms with E-state index in [9.17, 15) is 4.79 Å². The van der Waals surface area contributed by atoms with E-state index < -0.39 is 0 Å². The molecule has 1 fully saturated rings. The first-order valence-corrected chi connectivity index (χ1v) is 7.54. The molecular formula is C16H25N3O. The number of carbonyl (C=O) groups excluding carboxylic acids is 1. The van der Waals surface area contributed by atoms with Crippen LogP contribution in [0.3, 0.4) is 0 Å². The zero-order valence-corrected chi connectivity index (χ0v) is 12.9. The van der Waals surface area contributed by atoms with Gasteiger partial charge in [-0.2, -0.15) is 0 Å². The number of aromatic nitrogens is 1. The van der Waals surface area contributed by atoms with Crippen molar-refractivity contribution < 1.29 is 4.79 Å². The van der Waals surface area contributed by atoms with Crippen LogP contribution in [0.1, 0.15) is 49.7 Å². The maximum atomic E-state index is 12.8. The lowest BCUT2D eigenvalue weighted by Crippen LogP contribution is -2.38. The molecule has 0 aromatic carbocycles. The van der Waals surface area contributed by atoms with Crippen LogP contribution in [0, 0.1) is 5.92 Å². The summed E-state index contributed by atoms with van der Waals surface area (Å²) in [5.41, 5.74) is 1.70. The van der Waals surface area contributed by atoms with Crippen molar-refractivity contribution in [3.8, 4) is 0 Å². The first-order chi connectivity index (χ1) is 9.55. The molecule has 1 aromatic heterocycles. The van der Waals surface area contributed by atoms with Crippen LogP contribution in [0.2, 0.25) is 0 Å². The molecule has 4 heteroatoms. The lowest BCUT2D eigenvalue weighted by atomic mass is 10.1. The van der Waals surface area contributed by atoms with Crippen LogP contribution in [0.25, 0.3) is 0 Å². The van der Waals surface area contributed by atoms with Crippen molar-refractivity contribution in [2.24, 2.45) is 5.92 Å². The number of aryl methyl sites for hydroxylation is 1. The van der Waals surface area contributed by atoms with Gasteiger partial charge in [-0.1, -0.05) is 6.92 Å². The summed E-state index contributed by atoms with van der Waals surface area (Å²) in [5.74, 6) is 1.60. The molecule has 0 spiro atoms. The number of nitrogens with zero attached hydrogens (tertiary/aromatic N) is 2. The van der Waals surface area contributed by atoms with Gasteiger partial charge in [0, 0.05) is 30.9 Å². The lowest BCUT2D eigenvalue weighted by Gasteiger charge is -2.27. The summed E-state index contributed by atoms with van der Waals surface area (Å²) in [6.07, 6.45) is 3.35. The van der Waals surface area contributed by atoms with Gasteiger partial charge in [0.25, 0.3) is 5.91 Å². The van der Waals surface area contributed by atoms with Crippen LogP contribution in [-0.4, -0.2) is 35.4 Å². The van der Waals surface area contributed by atoms with Crippen molar-refractivity contribution in [3.63, 3.8) is 0 Å². The van der Waals surface area contributed by atoms with E-state index in [-0.39, 0.29) is 11.9 Å². The average molecular weight is 275 g/mol. The smallest absolute Gasteiger partial charge is 0.254 e. The molecule has 110 valence electrons. The number of rotatable bonds is 6. The zero-order chi connectivity index (χ0) is 14.7. The summed E-state index contributed by atoms with van der Waals surface area (Å²) in [6.45, 7) is 7.11. The molecule has 1 aliphatic carbocycles. The summed E-state index contributed by atoms with van der Waals surface area (Å²) in [4.78, 5) is 19.2. The fourth-order valence-electron chi connectivity index (χ4n) is 2.29. The Bertz CT molecular complexity index is 458. The lowest BCUT2D eigenvalue weighted by molar-refractivity contribution is 0.0696. The van der Waals surface area contributed by atoms with Gasteiger partial charge in [-0.3, -0.25) is 4.79 Å². The van der Waals surface area contributed by atoms with E-state index in [0.717, 1.165) is 30.0 Å². The van der Waals surface area contributed by atoms with Gasteiger partial charge < -0.3 is 10.2 Å². The summed E-state index contributed by atoms with van der Waals surface area (Å²) in [5, 5.41) is 3.04. The number of hydrogen-bond acceptors (Lipinski definition) is 3. The highest BCUT2D eigenvalue weighted by atomic mass is 16.2. The van der Waals surface area contributed by atoms with Gasteiger partial charge in [-0.25, -0.2) is 4.98 Å². The number of carbonyl (C=O) groups is 1. The van der Waals surface area contributed by atoms with Gasteiger partial charge in [0.2, 0.25) is 0 Å². The first-order valence-electron chi connectivity index (χ1n) is 7.54. The third-order valence-electron chi connectivity index (χ3n) is 3.78. The fourth-order valence-corrected chi connectivity index (χ4v) is 2.29. The molecule has 0 bridgehead atoms. The van der Waals surface area contributed by atoms with Gasteiger partial charge in [0.1, 0.15) is 5.82 Å². The molecule has 1 aliphatic rings. The predicted molar refractivity (Wildman–Crippen MR) is 82.1 cm³/mol. The topological polar surface area (TPSA) is 45.2 Å². The van der Waals surface area contributed by atoms with Crippen LogP contribution in [0.15, 0.2) is 12.1 Å². The largest absolute Gasteiger partial charge is 0.373 e. The minimum absolute atomic E-state index is 0.125. The number of amides is 1. The molecule has 0 radical (unpaired) electrons. The van der Waals surface area contributed by atoms with E-state index in [1.807, 2.05) is 24.1 Å². The van der Waals surface area contributed by atoms with E-state index in [1.54, 1.807) is 0 Å². The maximum Gasteiger partial charge on any atom is 0.254 e. The van der Waals surface area contributed by atoms with Crippen molar-refractivity contribution in [1.82, 2.24) is 9.88 Å². The third kappa shape index (κ3) is 3.50. The molecule has 0 atom stereocenters. The number of anilines is 1. The van der Waals surface area contributed by atoms with E-state index in [4.69, 9.17) is 0 Å². The van der Waals surface area contributed by atoms with Gasteiger partial charge >= 0.3 is 0 Å². The van der Waals surface area contributed by atoms with E-state index in [0.29, 0.717) is 5.92 Å². The monoisotopic (exact) mass is 275 g/mol. The van der Waals surface area contributed by atoms with Gasteiger partial charge in [0.15, 0.2) is 0 Å². The van der Waals surface area contributed by atoms with Crippen LogP contribution < -0.4 is 5.32 Å². The SMILES string of the molecule is CCc1cc(C(=O)N(CC2CC2)C(C)C)cc(NC)n1.